The van der Waals surface area contributed by atoms with Crippen LogP contribution < -0.4 is 4.74 Å². The van der Waals surface area contributed by atoms with Crippen molar-refractivity contribution in [2.45, 2.75) is 32.0 Å². The van der Waals surface area contributed by atoms with Crippen molar-refractivity contribution in [2.75, 3.05) is 0 Å². The highest BCUT2D eigenvalue weighted by Crippen LogP contribution is 2.41. The summed E-state index contributed by atoms with van der Waals surface area (Å²) in [5.74, 6) is -1.37. The third-order valence-corrected chi connectivity index (χ3v) is 2.59. The summed E-state index contributed by atoms with van der Waals surface area (Å²) in [6.45, 7) is 1.92. The van der Waals surface area contributed by atoms with Crippen LogP contribution in [0.1, 0.15) is 31.4 Å². The van der Waals surface area contributed by atoms with Crippen molar-refractivity contribution >= 4 is 0 Å². The fourth-order valence-corrected chi connectivity index (χ4v) is 1.85. The Balaban J connectivity index is 2.40. The SMILES string of the molecule is CCCC1Oc2c(F)ccc(F)c2C1O. The topological polar surface area (TPSA) is 29.5 Å². The number of halogens is 2. The van der Waals surface area contributed by atoms with Crippen molar-refractivity contribution in [3.05, 3.63) is 29.3 Å². The molecule has 1 aromatic rings. The fourth-order valence-electron chi connectivity index (χ4n) is 1.85. The summed E-state index contributed by atoms with van der Waals surface area (Å²) in [5, 5.41) is 9.75. The first-order valence-corrected chi connectivity index (χ1v) is 4.97. The van der Waals surface area contributed by atoms with E-state index in [2.05, 4.69) is 0 Å². The molecule has 1 heterocycles. The normalized spacial score (nSPS) is 23.7. The minimum atomic E-state index is -1.06. The lowest BCUT2D eigenvalue weighted by Crippen LogP contribution is -2.18. The summed E-state index contributed by atoms with van der Waals surface area (Å²) in [7, 11) is 0. The zero-order valence-electron chi connectivity index (χ0n) is 8.34. The van der Waals surface area contributed by atoms with Gasteiger partial charge in [0, 0.05) is 0 Å². The Morgan fingerprint density at radius 1 is 1.33 bits per heavy atom. The third-order valence-electron chi connectivity index (χ3n) is 2.59. The van der Waals surface area contributed by atoms with E-state index in [1.54, 1.807) is 0 Å². The van der Waals surface area contributed by atoms with E-state index in [0.29, 0.717) is 6.42 Å². The Morgan fingerprint density at radius 3 is 2.60 bits per heavy atom. The fraction of sp³-hybridized carbons (Fsp3) is 0.455. The maximum absolute atomic E-state index is 13.3. The molecule has 15 heavy (non-hydrogen) atoms. The van der Waals surface area contributed by atoms with Crippen LogP contribution in [0.25, 0.3) is 0 Å². The molecule has 2 rings (SSSR count). The zero-order valence-corrected chi connectivity index (χ0v) is 8.34. The third kappa shape index (κ3) is 1.59. The highest BCUT2D eigenvalue weighted by Gasteiger charge is 2.36. The first kappa shape index (κ1) is 10.4. The summed E-state index contributed by atoms with van der Waals surface area (Å²) in [6.07, 6.45) is -0.222. The maximum Gasteiger partial charge on any atom is 0.165 e. The lowest BCUT2D eigenvalue weighted by molar-refractivity contribution is 0.0591. The molecule has 0 radical (unpaired) electrons. The molecule has 2 atom stereocenters. The van der Waals surface area contributed by atoms with Crippen LogP contribution in [0.2, 0.25) is 0 Å². The minimum Gasteiger partial charge on any atom is -0.484 e. The van der Waals surface area contributed by atoms with Crippen molar-refractivity contribution in [3.8, 4) is 5.75 Å². The molecule has 0 aliphatic carbocycles. The zero-order chi connectivity index (χ0) is 11.0. The first-order valence-electron chi connectivity index (χ1n) is 4.97. The predicted octanol–water partition coefficient (Wildman–Crippen LogP) is 2.56. The number of hydrogen-bond acceptors (Lipinski definition) is 2. The lowest BCUT2D eigenvalue weighted by atomic mass is 10.0. The molecule has 0 spiro atoms. The van der Waals surface area contributed by atoms with Gasteiger partial charge in [-0.1, -0.05) is 13.3 Å². The number of rotatable bonds is 2. The number of aliphatic hydroxyl groups is 1. The van der Waals surface area contributed by atoms with Crippen LogP contribution in [0.3, 0.4) is 0 Å². The molecule has 4 heteroatoms. The molecule has 0 fully saturated rings. The van der Waals surface area contributed by atoms with Gasteiger partial charge < -0.3 is 9.84 Å². The smallest absolute Gasteiger partial charge is 0.165 e. The molecule has 2 unspecified atom stereocenters. The molecule has 0 saturated carbocycles. The van der Waals surface area contributed by atoms with Gasteiger partial charge in [0.2, 0.25) is 0 Å². The molecule has 82 valence electrons. The van der Waals surface area contributed by atoms with Gasteiger partial charge in [0.1, 0.15) is 18.0 Å². The van der Waals surface area contributed by atoms with E-state index in [-0.39, 0.29) is 11.3 Å². The van der Waals surface area contributed by atoms with Crippen molar-refractivity contribution in [1.29, 1.82) is 0 Å². The Hall–Kier alpha value is -1.16. The lowest BCUT2D eigenvalue weighted by Gasteiger charge is -2.12. The average Bonchev–Trinajstić information content (AvgIpc) is 2.53. The standard InChI is InChI=1S/C11H12F2O2/c1-2-3-8-10(14)9-6(12)4-5-7(13)11(9)15-8/h4-5,8,10,14H,2-3H2,1H3. The van der Waals surface area contributed by atoms with Gasteiger partial charge in [0.05, 0.1) is 5.56 Å². The number of benzene rings is 1. The molecule has 0 aromatic heterocycles. The van der Waals surface area contributed by atoms with Gasteiger partial charge in [-0.05, 0) is 18.6 Å². The first-order chi connectivity index (χ1) is 7.15. The van der Waals surface area contributed by atoms with Gasteiger partial charge >= 0.3 is 0 Å². The second kappa shape index (κ2) is 3.77. The maximum atomic E-state index is 13.3. The van der Waals surface area contributed by atoms with Gasteiger partial charge in [-0.2, -0.15) is 0 Å². The minimum absolute atomic E-state index is 0.0477. The van der Waals surface area contributed by atoms with Crippen LogP contribution in [-0.2, 0) is 0 Å². The van der Waals surface area contributed by atoms with Crippen LogP contribution in [0.15, 0.2) is 12.1 Å². The Bertz CT molecular complexity index is 379. The highest BCUT2D eigenvalue weighted by atomic mass is 19.1. The van der Waals surface area contributed by atoms with Crippen molar-refractivity contribution in [1.82, 2.24) is 0 Å². The number of aliphatic hydroxyl groups excluding tert-OH is 1. The van der Waals surface area contributed by atoms with E-state index in [4.69, 9.17) is 4.74 Å². The molecular weight excluding hydrogens is 202 g/mol. The van der Waals surface area contributed by atoms with E-state index in [1.165, 1.54) is 0 Å². The Morgan fingerprint density at radius 2 is 2.00 bits per heavy atom. The predicted molar refractivity (Wildman–Crippen MR) is 50.6 cm³/mol. The summed E-state index contributed by atoms with van der Waals surface area (Å²) in [4.78, 5) is 0. The van der Waals surface area contributed by atoms with E-state index < -0.39 is 23.8 Å². The van der Waals surface area contributed by atoms with E-state index in [9.17, 15) is 13.9 Å². The van der Waals surface area contributed by atoms with E-state index in [0.717, 1.165) is 18.6 Å². The molecule has 1 aliphatic heterocycles. The summed E-state index contributed by atoms with van der Waals surface area (Å²) in [6, 6.07) is 2.02. The van der Waals surface area contributed by atoms with Crippen LogP contribution in [-0.4, -0.2) is 11.2 Å². The van der Waals surface area contributed by atoms with Crippen molar-refractivity contribution in [3.63, 3.8) is 0 Å². The van der Waals surface area contributed by atoms with Gasteiger partial charge in [-0.3, -0.25) is 0 Å². The molecule has 1 N–H and O–H groups in total. The van der Waals surface area contributed by atoms with Crippen LogP contribution in [0, 0.1) is 11.6 Å². The molecule has 1 aliphatic rings. The number of ether oxygens (including phenoxy) is 1. The summed E-state index contributed by atoms with van der Waals surface area (Å²) in [5.41, 5.74) is -0.0477. The van der Waals surface area contributed by atoms with Crippen molar-refractivity contribution in [2.24, 2.45) is 0 Å². The summed E-state index contributed by atoms with van der Waals surface area (Å²) >= 11 is 0. The van der Waals surface area contributed by atoms with E-state index >= 15 is 0 Å². The molecular formula is C11H12F2O2. The second-order valence-electron chi connectivity index (χ2n) is 3.66. The van der Waals surface area contributed by atoms with Gasteiger partial charge in [0.15, 0.2) is 11.6 Å². The van der Waals surface area contributed by atoms with Gasteiger partial charge in [0.25, 0.3) is 0 Å². The highest BCUT2D eigenvalue weighted by molar-refractivity contribution is 5.41. The largest absolute Gasteiger partial charge is 0.484 e. The van der Waals surface area contributed by atoms with Gasteiger partial charge in [-0.15, -0.1) is 0 Å². The van der Waals surface area contributed by atoms with Crippen molar-refractivity contribution < 1.29 is 18.6 Å². The molecule has 2 nitrogen and oxygen atoms in total. The van der Waals surface area contributed by atoms with Crippen LogP contribution in [0.4, 0.5) is 8.78 Å². The average molecular weight is 214 g/mol. The summed E-state index contributed by atoms with van der Waals surface area (Å²) < 4.78 is 31.8. The Kier molecular flexibility index (Phi) is 2.61. The Labute approximate surface area is 86.5 Å². The van der Waals surface area contributed by atoms with Crippen LogP contribution >= 0.6 is 0 Å². The quantitative estimate of drug-likeness (QED) is 0.819. The molecule has 1 aromatic carbocycles. The van der Waals surface area contributed by atoms with E-state index in [1.807, 2.05) is 6.92 Å². The molecule has 0 bridgehead atoms. The number of fused-ring (bicyclic) bond motifs is 1. The van der Waals surface area contributed by atoms with Crippen LogP contribution in [0.5, 0.6) is 5.75 Å². The number of hydrogen-bond donors (Lipinski definition) is 1. The molecule has 0 saturated heterocycles. The molecule has 0 amide bonds. The van der Waals surface area contributed by atoms with Gasteiger partial charge in [-0.25, -0.2) is 8.78 Å². The monoisotopic (exact) mass is 214 g/mol. The second-order valence-corrected chi connectivity index (χ2v) is 3.66.